The van der Waals surface area contributed by atoms with Gasteiger partial charge >= 0.3 is 0 Å². The van der Waals surface area contributed by atoms with Gasteiger partial charge in [0.05, 0.1) is 6.61 Å². The van der Waals surface area contributed by atoms with Gasteiger partial charge < -0.3 is 4.74 Å². The minimum Gasteiger partial charge on any atom is -0.492 e. The third kappa shape index (κ3) is 1.68. The normalized spacial score (nSPS) is 12.9. The van der Waals surface area contributed by atoms with Crippen LogP contribution in [-0.2, 0) is 6.42 Å². The fourth-order valence-electron chi connectivity index (χ4n) is 2.25. The van der Waals surface area contributed by atoms with Gasteiger partial charge in [-0.3, -0.25) is 4.79 Å². The quantitative estimate of drug-likeness (QED) is 0.756. The molecule has 2 nitrogen and oxygen atoms in total. The molecule has 0 unspecified atom stereocenters. The molecule has 2 aromatic carbocycles. The predicted octanol–water partition coefficient (Wildman–Crippen LogP) is 3.24. The van der Waals surface area contributed by atoms with Crippen LogP contribution in [0.25, 0.3) is 11.1 Å². The second-order valence-corrected chi connectivity index (χ2v) is 4.25. The van der Waals surface area contributed by atoms with E-state index in [0.717, 1.165) is 17.7 Å². The van der Waals surface area contributed by atoms with Gasteiger partial charge in [0.15, 0.2) is 0 Å². The van der Waals surface area contributed by atoms with Gasteiger partial charge in [-0.25, -0.2) is 4.39 Å². The highest BCUT2D eigenvalue weighted by atomic mass is 19.1. The van der Waals surface area contributed by atoms with Gasteiger partial charge in [-0.2, -0.15) is 0 Å². The highest BCUT2D eigenvalue weighted by molar-refractivity contribution is 5.81. The van der Waals surface area contributed by atoms with Gasteiger partial charge in [-0.05, 0) is 23.8 Å². The smallest absolute Gasteiger partial charge is 0.150 e. The second-order valence-electron chi connectivity index (χ2n) is 4.25. The number of benzene rings is 2. The topological polar surface area (TPSA) is 26.3 Å². The molecule has 2 aromatic rings. The minimum absolute atomic E-state index is 0.343. The number of halogens is 1. The van der Waals surface area contributed by atoms with Crippen molar-refractivity contribution in [1.29, 1.82) is 0 Å². The van der Waals surface area contributed by atoms with Gasteiger partial charge in [0.25, 0.3) is 0 Å². The van der Waals surface area contributed by atoms with E-state index in [1.54, 1.807) is 6.07 Å². The third-order valence-electron chi connectivity index (χ3n) is 3.13. The van der Waals surface area contributed by atoms with Crippen LogP contribution in [0, 0.1) is 5.82 Å². The van der Waals surface area contributed by atoms with Crippen molar-refractivity contribution in [3.63, 3.8) is 0 Å². The van der Waals surface area contributed by atoms with E-state index in [9.17, 15) is 9.18 Å². The molecule has 0 saturated heterocycles. The van der Waals surface area contributed by atoms with E-state index in [-0.39, 0.29) is 5.82 Å². The predicted molar refractivity (Wildman–Crippen MR) is 66.4 cm³/mol. The Morgan fingerprint density at radius 1 is 1.17 bits per heavy atom. The zero-order valence-corrected chi connectivity index (χ0v) is 9.65. The lowest BCUT2D eigenvalue weighted by Crippen LogP contribution is -1.92. The Morgan fingerprint density at radius 3 is 2.89 bits per heavy atom. The maximum absolute atomic E-state index is 13.9. The summed E-state index contributed by atoms with van der Waals surface area (Å²) in [4.78, 5) is 10.8. The van der Waals surface area contributed by atoms with Gasteiger partial charge in [0, 0.05) is 23.1 Å². The van der Waals surface area contributed by atoms with Gasteiger partial charge in [0.1, 0.15) is 17.9 Å². The highest BCUT2D eigenvalue weighted by Crippen LogP contribution is 2.37. The largest absolute Gasteiger partial charge is 0.492 e. The van der Waals surface area contributed by atoms with Crippen molar-refractivity contribution < 1.29 is 13.9 Å². The van der Waals surface area contributed by atoms with Gasteiger partial charge in [-0.1, -0.05) is 18.2 Å². The summed E-state index contributed by atoms with van der Waals surface area (Å²) in [6.07, 6.45) is 1.56. The molecule has 1 aliphatic heterocycles. The zero-order valence-electron chi connectivity index (χ0n) is 9.65. The molecule has 3 heteroatoms. The van der Waals surface area contributed by atoms with E-state index >= 15 is 0 Å². The molecular formula is C15H11FO2. The lowest BCUT2D eigenvalue weighted by atomic mass is 9.99. The van der Waals surface area contributed by atoms with Crippen molar-refractivity contribution in [3.05, 3.63) is 53.3 Å². The molecule has 0 bridgehead atoms. The van der Waals surface area contributed by atoms with Crippen LogP contribution in [0.1, 0.15) is 15.9 Å². The molecular weight excluding hydrogens is 231 g/mol. The van der Waals surface area contributed by atoms with Crippen LogP contribution in [0.4, 0.5) is 4.39 Å². The summed E-state index contributed by atoms with van der Waals surface area (Å²) in [5.41, 5.74) is 2.68. The maximum Gasteiger partial charge on any atom is 0.150 e. The molecule has 0 atom stereocenters. The number of carbonyl (C=O) groups is 1. The van der Waals surface area contributed by atoms with Crippen LogP contribution in [0.15, 0.2) is 36.4 Å². The molecule has 0 spiro atoms. The average molecular weight is 242 g/mol. The summed E-state index contributed by atoms with van der Waals surface area (Å²) in [6.45, 7) is 0.626. The Labute approximate surface area is 104 Å². The first-order valence-corrected chi connectivity index (χ1v) is 5.79. The van der Waals surface area contributed by atoms with Crippen molar-refractivity contribution in [3.8, 4) is 16.9 Å². The van der Waals surface area contributed by atoms with Crippen LogP contribution in [0.2, 0.25) is 0 Å². The molecule has 0 saturated carbocycles. The van der Waals surface area contributed by atoms with E-state index < -0.39 is 0 Å². The Kier molecular flexibility index (Phi) is 2.59. The van der Waals surface area contributed by atoms with Crippen molar-refractivity contribution in [2.45, 2.75) is 6.42 Å². The number of ether oxygens (including phenoxy) is 1. The molecule has 0 aromatic heterocycles. The molecule has 0 fully saturated rings. The molecule has 1 aliphatic rings. The lowest BCUT2D eigenvalue weighted by molar-refractivity contribution is 0.112. The number of hydrogen-bond acceptors (Lipinski definition) is 2. The van der Waals surface area contributed by atoms with Crippen molar-refractivity contribution in [1.82, 2.24) is 0 Å². The van der Waals surface area contributed by atoms with E-state index in [0.29, 0.717) is 29.6 Å². The average Bonchev–Trinajstić information content (AvgIpc) is 2.87. The fraction of sp³-hybridized carbons (Fsp3) is 0.133. The Hall–Kier alpha value is -2.16. The number of fused-ring (bicyclic) bond motifs is 1. The van der Waals surface area contributed by atoms with Gasteiger partial charge in [-0.15, -0.1) is 0 Å². The minimum atomic E-state index is -0.343. The molecule has 0 amide bonds. The Morgan fingerprint density at radius 2 is 2.06 bits per heavy atom. The molecule has 1 heterocycles. The van der Waals surface area contributed by atoms with E-state index in [1.807, 2.05) is 18.2 Å². The lowest BCUT2D eigenvalue weighted by Gasteiger charge is -2.09. The third-order valence-corrected chi connectivity index (χ3v) is 3.13. The van der Waals surface area contributed by atoms with Crippen LogP contribution < -0.4 is 4.74 Å². The first-order chi connectivity index (χ1) is 8.79. The summed E-state index contributed by atoms with van der Waals surface area (Å²) in [5, 5.41) is 0. The summed E-state index contributed by atoms with van der Waals surface area (Å²) in [5.74, 6) is 0.393. The molecule has 18 heavy (non-hydrogen) atoms. The number of para-hydroxylation sites is 1. The summed E-state index contributed by atoms with van der Waals surface area (Å²) in [6, 6.07) is 10.0. The molecule has 90 valence electrons. The fourth-order valence-corrected chi connectivity index (χ4v) is 2.25. The molecule has 0 radical (unpaired) electrons. The summed E-state index contributed by atoms with van der Waals surface area (Å²) in [7, 11) is 0. The standard InChI is InChI=1S/C15H11FO2/c16-14-5-4-10(9-17)8-13(14)12-3-1-2-11-6-7-18-15(11)12/h1-5,8-9H,6-7H2. The molecule has 0 N–H and O–H groups in total. The number of rotatable bonds is 2. The van der Waals surface area contributed by atoms with E-state index in [4.69, 9.17) is 4.74 Å². The number of hydrogen-bond donors (Lipinski definition) is 0. The summed E-state index contributed by atoms with van der Waals surface area (Å²) < 4.78 is 19.4. The summed E-state index contributed by atoms with van der Waals surface area (Å²) >= 11 is 0. The first kappa shape index (κ1) is 11.0. The van der Waals surface area contributed by atoms with Gasteiger partial charge in [0.2, 0.25) is 0 Å². The second kappa shape index (κ2) is 4.26. The van der Waals surface area contributed by atoms with Crippen molar-refractivity contribution in [2.75, 3.05) is 6.61 Å². The number of carbonyl (C=O) groups excluding carboxylic acids is 1. The van der Waals surface area contributed by atoms with Crippen LogP contribution in [0.5, 0.6) is 5.75 Å². The highest BCUT2D eigenvalue weighted by Gasteiger charge is 2.19. The van der Waals surface area contributed by atoms with Crippen molar-refractivity contribution >= 4 is 6.29 Å². The van der Waals surface area contributed by atoms with Crippen LogP contribution in [-0.4, -0.2) is 12.9 Å². The Balaban J connectivity index is 2.21. The maximum atomic E-state index is 13.9. The SMILES string of the molecule is O=Cc1ccc(F)c(-c2cccc3c2OCC3)c1. The zero-order chi connectivity index (χ0) is 12.5. The van der Waals surface area contributed by atoms with Crippen LogP contribution in [0.3, 0.4) is 0 Å². The first-order valence-electron chi connectivity index (χ1n) is 5.79. The number of aldehydes is 1. The van der Waals surface area contributed by atoms with E-state index in [2.05, 4.69) is 0 Å². The monoisotopic (exact) mass is 242 g/mol. The molecule has 0 aliphatic carbocycles. The van der Waals surface area contributed by atoms with Crippen LogP contribution >= 0.6 is 0 Å². The molecule has 3 rings (SSSR count). The Bertz CT molecular complexity index is 620. The van der Waals surface area contributed by atoms with Crippen molar-refractivity contribution in [2.24, 2.45) is 0 Å². The van der Waals surface area contributed by atoms with E-state index in [1.165, 1.54) is 12.1 Å².